The highest BCUT2D eigenvalue weighted by atomic mass is 79.9. The van der Waals surface area contributed by atoms with Crippen LogP contribution in [0.25, 0.3) is 0 Å². The summed E-state index contributed by atoms with van der Waals surface area (Å²) in [5.41, 5.74) is 3.85. The number of halogens is 2. The number of anilines is 1. The van der Waals surface area contributed by atoms with Crippen molar-refractivity contribution in [2.45, 2.75) is 37.4 Å². The topological polar surface area (TPSA) is 87.5 Å². The maximum Gasteiger partial charge on any atom is 0.338 e. The fraction of sp³-hybridized carbons (Fsp3) is 0.233. The Kier molecular flexibility index (Phi) is 9.22. The van der Waals surface area contributed by atoms with Crippen molar-refractivity contribution >= 4 is 51.2 Å². The van der Waals surface area contributed by atoms with E-state index >= 15 is 0 Å². The zero-order valence-electron chi connectivity index (χ0n) is 22.7. The van der Waals surface area contributed by atoms with Gasteiger partial charge in [-0.2, -0.15) is 4.98 Å². The van der Waals surface area contributed by atoms with Gasteiger partial charge in [0.1, 0.15) is 12.6 Å². The highest BCUT2D eigenvalue weighted by Crippen LogP contribution is 2.40. The van der Waals surface area contributed by atoms with Crippen LogP contribution in [0.5, 0.6) is 11.5 Å². The van der Waals surface area contributed by atoms with Gasteiger partial charge in [0.05, 0.1) is 19.3 Å². The van der Waals surface area contributed by atoms with Gasteiger partial charge in [0.15, 0.2) is 11.5 Å². The first-order valence-electron chi connectivity index (χ1n) is 12.9. The third-order valence-electron chi connectivity index (χ3n) is 6.42. The average molecular weight is 656 g/mol. The maximum atomic E-state index is 13.0. The number of aromatic nitrogens is 3. The standard InChI is InChI=1S/C30H28BrClN4O4S/c1-4-39-25-15-20(12-13-24(25)40-16-19-8-7-10-22(31)14-19)27-26(28(37)38-3)18(2)33-29-34-30(35-36(27)29)41-17-21-9-5-6-11-23(21)32/h5-15,27H,4,16-17H2,1-3H3,(H,33,34,35). The van der Waals surface area contributed by atoms with Crippen LogP contribution in [0, 0.1) is 0 Å². The van der Waals surface area contributed by atoms with Crippen molar-refractivity contribution in [3.05, 3.63) is 104 Å². The van der Waals surface area contributed by atoms with Crippen molar-refractivity contribution < 1.29 is 19.0 Å². The lowest BCUT2D eigenvalue weighted by atomic mass is 9.95. The van der Waals surface area contributed by atoms with Crippen molar-refractivity contribution in [3.8, 4) is 11.5 Å². The molecule has 212 valence electrons. The molecule has 0 bridgehead atoms. The molecule has 0 saturated carbocycles. The second-order valence-electron chi connectivity index (χ2n) is 9.16. The summed E-state index contributed by atoms with van der Waals surface area (Å²) in [4.78, 5) is 17.7. The molecule has 4 aromatic rings. The molecule has 0 amide bonds. The molecule has 0 fully saturated rings. The van der Waals surface area contributed by atoms with Crippen LogP contribution >= 0.6 is 39.3 Å². The molecule has 3 aromatic carbocycles. The number of benzene rings is 3. The Hall–Kier alpha value is -3.47. The van der Waals surface area contributed by atoms with E-state index in [9.17, 15) is 4.79 Å². The van der Waals surface area contributed by atoms with Gasteiger partial charge in [0.25, 0.3) is 0 Å². The van der Waals surface area contributed by atoms with E-state index in [0.29, 0.717) is 57.9 Å². The quantitative estimate of drug-likeness (QED) is 0.140. The van der Waals surface area contributed by atoms with E-state index in [0.717, 1.165) is 21.2 Å². The highest BCUT2D eigenvalue weighted by molar-refractivity contribution is 9.10. The molecule has 1 aromatic heterocycles. The van der Waals surface area contributed by atoms with Crippen molar-refractivity contribution in [1.29, 1.82) is 0 Å². The molecule has 0 aliphatic carbocycles. The van der Waals surface area contributed by atoms with E-state index in [2.05, 4.69) is 21.2 Å². The number of allylic oxidation sites excluding steroid dienone is 1. The number of methoxy groups -OCH3 is 1. The number of ether oxygens (including phenoxy) is 3. The molecule has 1 unspecified atom stereocenters. The van der Waals surface area contributed by atoms with E-state index in [1.165, 1.54) is 18.9 Å². The number of hydrogen-bond donors (Lipinski definition) is 1. The number of carbonyl (C=O) groups is 1. The maximum absolute atomic E-state index is 13.0. The van der Waals surface area contributed by atoms with E-state index in [-0.39, 0.29) is 0 Å². The van der Waals surface area contributed by atoms with Crippen LogP contribution in [0.15, 0.2) is 87.6 Å². The van der Waals surface area contributed by atoms with Gasteiger partial charge in [0, 0.05) is 20.9 Å². The SMILES string of the molecule is CCOc1cc(C2C(C(=O)OC)=C(C)Nc3nc(SCc4ccccc4Cl)nn32)ccc1OCc1cccc(Br)c1. The Labute approximate surface area is 256 Å². The normalized spacial score (nSPS) is 14.3. The monoisotopic (exact) mass is 654 g/mol. The second kappa shape index (κ2) is 13.0. The number of fused-ring (bicyclic) bond motifs is 1. The predicted octanol–water partition coefficient (Wildman–Crippen LogP) is 7.43. The highest BCUT2D eigenvalue weighted by Gasteiger charge is 2.35. The first-order chi connectivity index (χ1) is 19.9. The zero-order chi connectivity index (χ0) is 28.9. The van der Waals surface area contributed by atoms with Crippen LogP contribution in [-0.4, -0.2) is 34.5 Å². The fourth-order valence-corrected chi connectivity index (χ4v) is 6.06. The lowest BCUT2D eigenvalue weighted by molar-refractivity contribution is -0.136. The third kappa shape index (κ3) is 6.55. The number of hydrogen-bond acceptors (Lipinski definition) is 8. The predicted molar refractivity (Wildman–Crippen MR) is 164 cm³/mol. The average Bonchev–Trinajstić information content (AvgIpc) is 3.37. The van der Waals surface area contributed by atoms with Crippen LogP contribution in [0.4, 0.5) is 5.95 Å². The van der Waals surface area contributed by atoms with Crippen LogP contribution in [0.2, 0.25) is 5.02 Å². The van der Waals surface area contributed by atoms with Gasteiger partial charge >= 0.3 is 5.97 Å². The molecule has 0 saturated heterocycles. The molecule has 1 atom stereocenters. The van der Waals surface area contributed by atoms with Crippen LogP contribution in [-0.2, 0) is 21.9 Å². The summed E-state index contributed by atoms with van der Waals surface area (Å²) in [6.45, 7) is 4.56. The van der Waals surface area contributed by atoms with Gasteiger partial charge in [-0.15, -0.1) is 5.10 Å². The number of carbonyl (C=O) groups excluding carboxylic acids is 1. The van der Waals surface area contributed by atoms with Gasteiger partial charge in [-0.05, 0) is 60.9 Å². The lowest BCUT2D eigenvalue weighted by Crippen LogP contribution is -2.29. The van der Waals surface area contributed by atoms with Gasteiger partial charge in [-0.3, -0.25) is 0 Å². The van der Waals surface area contributed by atoms with E-state index in [4.69, 9.17) is 35.9 Å². The van der Waals surface area contributed by atoms with E-state index in [1.54, 1.807) is 4.68 Å². The largest absolute Gasteiger partial charge is 0.490 e. The lowest BCUT2D eigenvalue weighted by Gasteiger charge is -2.28. The number of nitrogens with zero attached hydrogens (tertiary/aromatic N) is 3. The Morgan fingerprint density at radius 2 is 1.93 bits per heavy atom. The zero-order valence-corrected chi connectivity index (χ0v) is 25.8. The number of esters is 1. The number of rotatable bonds is 10. The van der Waals surface area contributed by atoms with E-state index in [1.807, 2.05) is 80.6 Å². The molecule has 5 rings (SSSR count). The Bertz CT molecular complexity index is 1610. The van der Waals surface area contributed by atoms with E-state index < -0.39 is 12.0 Å². The van der Waals surface area contributed by atoms with Gasteiger partial charge in [-0.1, -0.05) is 75.7 Å². The molecule has 41 heavy (non-hydrogen) atoms. The minimum Gasteiger partial charge on any atom is -0.490 e. The Balaban J connectivity index is 1.48. The molecular formula is C30H28BrClN4O4S. The first kappa shape index (κ1) is 29.0. The first-order valence-corrected chi connectivity index (χ1v) is 15.1. The summed E-state index contributed by atoms with van der Waals surface area (Å²) < 4.78 is 20.0. The second-order valence-corrected chi connectivity index (χ2v) is 11.4. The van der Waals surface area contributed by atoms with Crippen molar-refractivity contribution in [1.82, 2.24) is 14.8 Å². The Morgan fingerprint density at radius 3 is 2.68 bits per heavy atom. The minimum atomic E-state index is -0.598. The molecule has 0 radical (unpaired) electrons. The molecule has 1 aliphatic rings. The third-order valence-corrected chi connectivity index (χ3v) is 8.17. The van der Waals surface area contributed by atoms with Crippen LogP contribution in [0.1, 0.15) is 36.6 Å². The van der Waals surface area contributed by atoms with Gasteiger partial charge < -0.3 is 19.5 Å². The molecule has 2 heterocycles. The van der Waals surface area contributed by atoms with Gasteiger partial charge in [0.2, 0.25) is 11.1 Å². The molecule has 1 aliphatic heterocycles. The smallest absolute Gasteiger partial charge is 0.338 e. The molecule has 1 N–H and O–H groups in total. The van der Waals surface area contributed by atoms with Crippen molar-refractivity contribution in [3.63, 3.8) is 0 Å². The van der Waals surface area contributed by atoms with Crippen LogP contribution in [0.3, 0.4) is 0 Å². The minimum absolute atomic E-state index is 0.373. The summed E-state index contributed by atoms with van der Waals surface area (Å²) >= 11 is 11.3. The van der Waals surface area contributed by atoms with Crippen LogP contribution < -0.4 is 14.8 Å². The molecule has 0 spiro atoms. The summed E-state index contributed by atoms with van der Waals surface area (Å²) in [6, 6.07) is 20.7. The van der Waals surface area contributed by atoms with Crippen molar-refractivity contribution in [2.24, 2.45) is 0 Å². The van der Waals surface area contributed by atoms with Gasteiger partial charge in [-0.25, -0.2) is 9.48 Å². The fourth-order valence-electron chi connectivity index (χ4n) is 4.50. The number of thioether (sulfide) groups is 1. The molecule has 11 heteroatoms. The molecule has 8 nitrogen and oxygen atoms in total. The summed E-state index contributed by atoms with van der Waals surface area (Å²) in [7, 11) is 1.37. The summed E-state index contributed by atoms with van der Waals surface area (Å²) in [6.07, 6.45) is 0. The molecular weight excluding hydrogens is 628 g/mol. The van der Waals surface area contributed by atoms with Crippen molar-refractivity contribution in [2.75, 3.05) is 19.0 Å². The Morgan fingerprint density at radius 1 is 1.10 bits per heavy atom. The summed E-state index contributed by atoms with van der Waals surface area (Å²) in [5, 5.41) is 9.24. The summed E-state index contributed by atoms with van der Waals surface area (Å²) in [5.74, 6) is 1.83. The number of nitrogens with one attached hydrogen (secondary N) is 1.